The van der Waals surface area contributed by atoms with Crippen LogP contribution in [0.2, 0.25) is 0 Å². The van der Waals surface area contributed by atoms with Crippen molar-refractivity contribution in [3.63, 3.8) is 0 Å². The molecule has 0 fully saturated rings. The van der Waals surface area contributed by atoms with Crippen molar-refractivity contribution >= 4 is 0 Å². The summed E-state index contributed by atoms with van der Waals surface area (Å²) < 4.78 is 49.1. The summed E-state index contributed by atoms with van der Waals surface area (Å²) in [5.41, 5.74) is 0. The van der Waals surface area contributed by atoms with Crippen molar-refractivity contribution in [1.82, 2.24) is 4.90 Å². The fraction of sp³-hybridized carbons (Fsp3) is 1.00. The SMILES string of the molecule is CCC(C)COCCOCCOCCOCCOCCOCCOCCOCCOCCN(C)C. The lowest BCUT2D eigenvalue weighted by Gasteiger charge is -2.10. The summed E-state index contributed by atoms with van der Waals surface area (Å²) in [6.45, 7) is 15.8. The Morgan fingerprint density at radius 1 is 0.429 bits per heavy atom. The maximum atomic E-state index is 5.52. The standard InChI is InChI=1S/C25H53NO9/c1-5-25(2)24-35-23-22-34-21-20-33-19-18-32-17-16-31-15-14-30-13-12-29-11-10-28-9-8-27-7-6-26(3)4/h25H,5-24H2,1-4H3. The van der Waals surface area contributed by atoms with Crippen molar-refractivity contribution < 1.29 is 42.6 Å². The third-order valence-electron chi connectivity index (χ3n) is 4.76. The molecule has 0 aliphatic heterocycles. The van der Waals surface area contributed by atoms with Crippen molar-refractivity contribution in [2.75, 3.05) is 140 Å². The van der Waals surface area contributed by atoms with Gasteiger partial charge in [-0.25, -0.2) is 0 Å². The van der Waals surface area contributed by atoms with Gasteiger partial charge in [0.1, 0.15) is 0 Å². The highest BCUT2D eigenvalue weighted by molar-refractivity contribution is 4.46. The van der Waals surface area contributed by atoms with Crippen molar-refractivity contribution in [2.45, 2.75) is 20.3 Å². The van der Waals surface area contributed by atoms with E-state index in [1.807, 2.05) is 14.1 Å². The quantitative estimate of drug-likeness (QED) is 0.133. The van der Waals surface area contributed by atoms with Crippen LogP contribution in [0, 0.1) is 5.92 Å². The second kappa shape index (κ2) is 29.8. The number of likely N-dealkylation sites (N-methyl/N-ethyl adjacent to an activating group) is 1. The molecule has 0 aromatic heterocycles. The number of hydrogen-bond donors (Lipinski definition) is 0. The summed E-state index contributed by atoms with van der Waals surface area (Å²) in [5, 5.41) is 0. The summed E-state index contributed by atoms with van der Waals surface area (Å²) >= 11 is 0. The molecule has 0 aromatic rings. The third-order valence-corrected chi connectivity index (χ3v) is 4.76. The fourth-order valence-corrected chi connectivity index (χ4v) is 2.41. The van der Waals surface area contributed by atoms with Gasteiger partial charge >= 0.3 is 0 Å². The Balaban J connectivity index is 3.03. The van der Waals surface area contributed by atoms with Crippen LogP contribution in [0.4, 0.5) is 0 Å². The molecule has 0 rings (SSSR count). The van der Waals surface area contributed by atoms with E-state index < -0.39 is 0 Å². The minimum Gasteiger partial charge on any atom is -0.379 e. The first-order valence-electron chi connectivity index (χ1n) is 13.0. The predicted molar refractivity (Wildman–Crippen MR) is 135 cm³/mol. The van der Waals surface area contributed by atoms with Gasteiger partial charge < -0.3 is 47.5 Å². The normalized spacial score (nSPS) is 12.6. The lowest BCUT2D eigenvalue weighted by atomic mass is 10.1. The molecule has 0 saturated carbocycles. The van der Waals surface area contributed by atoms with Gasteiger partial charge in [0.05, 0.1) is 112 Å². The molecule has 0 amide bonds. The molecule has 0 bridgehead atoms. The van der Waals surface area contributed by atoms with E-state index in [1.54, 1.807) is 0 Å². The number of nitrogens with zero attached hydrogens (tertiary/aromatic N) is 1. The van der Waals surface area contributed by atoms with Gasteiger partial charge in [-0.05, 0) is 20.0 Å². The molecule has 1 atom stereocenters. The highest BCUT2D eigenvalue weighted by Crippen LogP contribution is 1.99. The van der Waals surface area contributed by atoms with Crippen molar-refractivity contribution in [3.8, 4) is 0 Å². The lowest BCUT2D eigenvalue weighted by Crippen LogP contribution is -2.19. The van der Waals surface area contributed by atoms with Crippen LogP contribution in [-0.4, -0.2) is 144 Å². The van der Waals surface area contributed by atoms with E-state index in [1.165, 1.54) is 0 Å². The topological polar surface area (TPSA) is 86.3 Å². The molecular weight excluding hydrogens is 458 g/mol. The van der Waals surface area contributed by atoms with E-state index >= 15 is 0 Å². The Bertz CT molecular complexity index is 392. The molecule has 0 aliphatic rings. The Kier molecular flexibility index (Phi) is 29.5. The van der Waals surface area contributed by atoms with E-state index in [-0.39, 0.29) is 0 Å². The van der Waals surface area contributed by atoms with E-state index in [9.17, 15) is 0 Å². The average molecular weight is 512 g/mol. The Morgan fingerprint density at radius 3 is 0.943 bits per heavy atom. The van der Waals surface area contributed by atoms with Gasteiger partial charge in [-0.2, -0.15) is 0 Å². The molecule has 10 heteroatoms. The van der Waals surface area contributed by atoms with Crippen LogP contribution in [0.1, 0.15) is 20.3 Å². The molecule has 0 radical (unpaired) electrons. The summed E-state index contributed by atoms with van der Waals surface area (Å²) in [6.07, 6.45) is 1.14. The number of hydrogen-bond acceptors (Lipinski definition) is 10. The summed E-state index contributed by atoms with van der Waals surface area (Å²) in [5.74, 6) is 0.605. The number of rotatable bonds is 30. The summed E-state index contributed by atoms with van der Waals surface area (Å²) in [7, 11) is 4.05. The molecule has 0 aliphatic carbocycles. The molecule has 0 aromatic carbocycles. The van der Waals surface area contributed by atoms with Gasteiger partial charge in [0.2, 0.25) is 0 Å². The number of ether oxygens (including phenoxy) is 9. The van der Waals surface area contributed by atoms with Crippen LogP contribution >= 0.6 is 0 Å². The van der Waals surface area contributed by atoms with Crippen molar-refractivity contribution in [1.29, 1.82) is 0 Å². The molecule has 212 valence electrons. The van der Waals surface area contributed by atoms with Crippen LogP contribution in [0.25, 0.3) is 0 Å². The molecule has 0 spiro atoms. The van der Waals surface area contributed by atoms with Gasteiger partial charge in [0.15, 0.2) is 0 Å². The molecule has 0 saturated heterocycles. The molecule has 0 N–H and O–H groups in total. The molecule has 35 heavy (non-hydrogen) atoms. The maximum absolute atomic E-state index is 5.52. The van der Waals surface area contributed by atoms with Crippen LogP contribution in [0.5, 0.6) is 0 Å². The Hall–Kier alpha value is -0.400. The second-order valence-electron chi connectivity index (χ2n) is 8.29. The smallest absolute Gasteiger partial charge is 0.0701 e. The average Bonchev–Trinajstić information content (AvgIpc) is 2.85. The second-order valence-corrected chi connectivity index (χ2v) is 8.29. The zero-order valence-electron chi connectivity index (χ0n) is 22.8. The first-order valence-corrected chi connectivity index (χ1v) is 13.0. The molecule has 1 unspecified atom stereocenters. The van der Waals surface area contributed by atoms with E-state index in [0.29, 0.717) is 112 Å². The minimum atomic E-state index is 0.537. The van der Waals surface area contributed by atoms with E-state index in [2.05, 4.69) is 18.7 Å². The molecular formula is C25H53NO9. The van der Waals surface area contributed by atoms with Gasteiger partial charge in [-0.15, -0.1) is 0 Å². The van der Waals surface area contributed by atoms with Crippen LogP contribution < -0.4 is 0 Å². The highest BCUT2D eigenvalue weighted by Gasteiger charge is 1.98. The Morgan fingerprint density at radius 2 is 0.686 bits per heavy atom. The maximum Gasteiger partial charge on any atom is 0.0701 e. The lowest BCUT2D eigenvalue weighted by molar-refractivity contribution is -0.0256. The summed E-state index contributed by atoms with van der Waals surface area (Å²) in [4.78, 5) is 2.09. The molecule has 10 nitrogen and oxygen atoms in total. The van der Waals surface area contributed by atoms with Crippen molar-refractivity contribution in [2.24, 2.45) is 5.92 Å². The van der Waals surface area contributed by atoms with Gasteiger partial charge in [0, 0.05) is 13.2 Å². The third kappa shape index (κ3) is 31.6. The van der Waals surface area contributed by atoms with Gasteiger partial charge in [0.25, 0.3) is 0 Å². The fourth-order valence-electron chi connectivity index (χ4n) is 2.41. The van der Waals surface area contributed by atoms with Crippen molar-refractivity contribution in [3.05, 3.63) is 0 Å². The van der Waals surface area contributed by atoms with Gasteiger partial charge in [-0.1, -0.05) is 20.3 Å². The van der Waals surface area contributed by atoms with Crippen LogP contribution in [0.15, 0.2) is 0 Å². The minimum absolute atomic E-state index is 0.537. The highest BCUT2D eigenvalue weighted by atomic mass is 16.6. The zero-order chi connectivity index (χ0) is 25.7. The predicted octanol–water partition coefficient (Wildman–Crippen LogP) is 1.74. The van der Waals surface area contributed by atoms with E-state index in [4.69, 9.17) is 42.6 Å². The largest absolute Gasteiger partial charge is 0.379 e. The first kappa shape index (κ1) is 34.6. The first-order chi connectivity index (χ1) is 17.2. The summed E-state index contributed by atoms with van der Waals surface area (Å²) in [6, 6.07) is 0. The van der Waals surface area contributed by atoms with Crippen LogP contribution in [-0.2, 0) is 42.6 Å². The Labute approximate surface area is 213 Å². The van der Waals surface area contributed by atoms with E-state index in [0.717, 1.165) is 26.2 Å². The molecule has 0 heterocycles. The zero-order valence-corrected chi connectivity index (χ0v) is 22.8. The van der Waals surface area contributed by atoms with Gasteiger partial charge in [-0.3, -0.25) is 0 Å². The monoisotopic (exact) mass is 511 g/mol. The van der Waals surface area contributed by atoms with Crippen LogP contribution in [0.3, 0.4) is 0 Å².